The molecule has 1 aliphatic carbocycles. The fourth-order valence-corrected chi connectivity index (χ4v) is 2.66. The summed E-state index contributed by atoms with van der Waals surface area (Å²) in [4.78, 5) is 14.1. The van der Waals surface area contributed by atoms with Gasteiger partial charge >= 0.3 is 5.97 Å². The van der Waals surface area contributed by atoms with Crippen molar-refractivity contribution >= 4 is 5.97 Å². The molecular weight excluding hydrogens is 228 g/mol. The number of hydrogen-bond donors (Lipinski definition) is 1. The van der Waals surface area contributed by atoms with E-state index in [1.807, 2.05) is 14.0 Å². The van der Waals surface area contributed by atoms with Gasteiger partial charge in [-0.25, -0.2) is 0 Å². The van der Waals surface area contributed by atoms with Gasteiger partial charge in [0.2, 0.25) is 0 Å². The first-order valence-electron chi connectivity index (χ1n) is 7.23. The van der Waals surface area contributed by atoms with Crippen LogP contribution < -0.4 is 5.32 Å². The Morgan fingerprint density at radius 3 is 2.44 bits per heavy atom. The molecule has 0 saturated heterocycles. The topological polar surface area (TPSA) is 41.6 Å². The molecule has 0 aromatic carbocycles. The maximum atomic E-state index is 11.7. The van der Waals surface area contributed by atoms with Crippen LogP contribution in [0.2, 0.25) is 0 Å². The molecule has 0 bridgehead atoms. The molecular formula is C14H28N2O2. The second-order valence-electron chi connectivity index (χ2n) is 5.18. The van der Waals surface area contributed by atoms with Crippen LogP contribution in [-0.2, 0) is 9.53 Å². The Labute approximate surface area is 111 Å². The molecule has 1 aliphatic rings. The molecule has 0 heterocycles. The number of esters is 1. The predicted molar refractivity (Wildman–Crippen MR) is 73.6 cm³/mol. The molecule has 0 radical (unpaired) electrons. The van der Waals surface area contributed by atoms with E-state index in [1.54, 1.807) is 0 Å². The van der Waals surface area contributed by atoms with Gasteiger partial charge in [0.15, 0.2) is 0 Å². The first-order valence-corrected chi connectivity index (χ1v) is 7.23. The fourth-order valence-electron chi connectivity index (χ4n) is 2.66. The predicted octanol–water partition coefficient (Wildman–Crippen LogP) is 1.79. The van der Waals surface area contributed by atoms with Crippen molar-refractivity contribution in [3.63, 3.8) is 0 Å². The molecule has 1 rings (SSSR count). The van der Waals surface area contributed by atoms with E-state index in [4.69, 9.17) is 4.74 Å². The van der Waals surface area contributed by atoms with Crippen LogP contribution in [0.1, 0.15) is 45.4 Å². The average molecular weight is 256 g/mol. The first-order chi connectivity index (χ1) is 8.69. The number of likely N-dealkylation sites (N-methyl/N-ethyl adjacent to an activating group) is 2. The quantitative estimate of drug-likeness (QED) is 0.581. The minimum atomic E-state index is -0.210. The second-order valence-corrected chi connectivity index (χ2v) is 5.18. The van der Waals surface area contributed by atoms with E-state index in [9.17, 15) is 4.79 Å². The van der Waals surface area contributed by atoms with E-state index < -0.39 is 0 Å². The van der Waals surface area contributed by atoms with Crippen LogP contribution >= 0.6 is 0 Å². The van der Waals surface area contributed by atoms with Gasteiger partial charge in [0.05, 0.1) is 6.61 Å². The highest BCUT2D eigenvalue weighted by molar-refractivity contribution is 5.76. The van der Waals surface area contributed by atoms with Crippen LogP contribution in [0, 0.1) is 0 Å². The molecule has 0 aliphatic heterocycles. The van der Waals surface area contributed by atoms with Crippen LogP contribution in [-0.4, -0.2) is 50.2 Å². The normalized spacial score (nSPS) is 19.6. The number of carbonyl (C=O) groups is 1. The minimum absolute atomic E-state index is 0.138. The minimum Gasteiger partial charge on any atom is -0.465 e. The van der Waals surface area contributed by atoms with Gasteiger partial charge in [0.25, 0.3) is 0 Å². The number of rotatable bonds is 6. The summed E-state index contributed by atoms with van der Waals surface area (Å²) >= 11 is 0. The summed E-state index contributed by atoms with van der Waals surface area (Å²) in [6, 6.07) is 0.413. The van der Waals surface area contributed by atoms with E-state index in [2.05, 4.69) is 17.3 Å². The Morgan fingerprint density at radius 2 is 1.94 bits per heavy atom. The van der Waals surface area contributed by atoms with Crippen molar-refractivity contribution in [3.8, 4) is 0 Å². The number of ether oxygens (including phenoxy) is 1. The summed E-state index contributed by atoms with van der Waals surface area (Å²) in [5, 5.41) is 3.06. The van der Waals surface area contributed by atoms with Gasteiger partial charge < -0.3 is 15.0 Å². The monoisotopic (exact) mass is 256 g/mol. The van der Waals surface area contributed by atoms with Crippen molar-refractivity contribution in [2.24, 2.45) is 0 Å². The third kappa shape index (κ3) is 4.94. The Bertz CT molecular complexity index is 238. The molecule has 18 heavy (non-hydrogen) atoms. The summed E-state index contributed by atoms with van der Waals surface area (Å²) in [5.74, 6) is -0.138. The van der Waals surface area contributed by atoms with Crippen LogP contribution in [0.3, 0.4) is 0 Å². The van der Waals surface area contributed by atoms with Gasteiger partial charge in [-0.3, -0.25) is 4.79 Å². The lowest BCUT2D eigenvalue weighted by atomic mass is 10.1. The third-order valence-corrected chi connectivity index (χ3v) is 3.84. The van der Waals surface area contributed by atoms with Crippen LogP contribution in [0.15, 0.2) is 0 Å². The standard InChI is InChI=1S/C14H28N2O2/c1-4-18-14(17)13(15-2)11-16(3)12-9-7-5-6-8-10-12/h12-13,15H,4-11H2,1-3H3. The van der Waals surface area contributed by atoms with Crippen LogP contribution in [0.4, 0.5) is 0 Å². The van der Waals surface area contributed by atoms with Gasteiger partial charge in [0.1, 0.15) is 6.04 Å². The number of nitrogens with one attached hydrogen (secondary N) is 1. The van der Waals surface area contributed by atoms with Gasteiger partial charge in [-0.05, 0) is 33.9 Å². The van der Waals surface area contributed by atoms with Crippen molar-refractivity contribution in [2.75, 3.05) is 27.2 Å². The lowest BCUT2D eigenvalue weighted by Crippen LogP contribution is -2.47. The van der Waals surface area contributed by atoms with E-state index >= 15 is 0 Å². The molecule has 4 nitrogen and oxygen atoms in total. The smallest absolute Gasteiger partial charge is 0.324 e. The van der Waals surface area contributed by atoms with Crippen LogP contribution in [0.5, 0.6) is 0 Å². The molecule has 1 saturated carbocycles. The van der Waals surface area contributed by atoms with Gasteiger partial charge in [-0.2, -0.15) is 0 Å². The molecule has 1 unspecified atom stereocenters. The van der Waals surface area contributed by atoms with E-state index in [-0.39, 0.29) is 12.0 Å². The highest BCUT2D eigenvalue weighted by Gasteiger charge is 2.24. The van der Waals surface area contributed by atoms with Crippen molar-refractivity contribution in [1.29, 1.82) is 0 Å². The Kier molecular flexibility index (Phi) is 7.28. The number of nitrogens with zero attached hydrogens (tertiary/aromatic N) is 1. The molecule has 0 aromatic heterocycles. The number of hydrogen-bond acceptors (Lipinski definition) is 4. The largest absolute Gasteiger partial charge is 0.465 e. The molecule has 1 fully saturated rings. The zero-order chi connectivity index (χ0) is 13.4. The number of carbonyl (C=O) groups excluding carboxylic acids is 1. The highest BCUT2D eigenvalue weighted by atomic mass is 16.5. The lowest BCUT2D eigenvalue weighted by molar-refractivity contribution is -0.146. The Balaban J connectivity index is 2.44. The van der Waals surface area contributed by atoms with Crippen molar-refractivity contribution < 1.29 is 9.53 Å². The Morgan fingerprint density at radius 1 is 1.33 bits per heavy atom. The van der Waals surface area contributed by atoms with Crippen molar-refractivity contribution in [2.45, 2.75) is 57.5 Å². The molecule has 1 atom stereocenters. The summed E-state index contributed by atoms with van der Waals surface area (Å²) < 4.78 is 5.08. The molecule has 0 amide bonds. The van der Waals surface area contributed by atoms with Crippen molar-refractivity contribution in [3.05, 3.63) is 0 Å². The molecule has 0 aromatic rings. The van der Waals surface area contributed by atoms with Gasteiger partial charge in [0, 0.05) is 12.6 Å². The fraction of sp³-hybridized carbons (Fsp3) is 0.929. The first kappa shape index (κ1) is 15.4. The molecule has 1 N–H and O–H groups in total. The van der Waals surface area contributed by atoms with E-state index in [1.165, 1.54) is 38.5 Å². The summed E-state index contributed by atoms with van der Waals surface area (Å²) in [6.07, 6.45) is 7.87. The Hall–Kier alpha value is -0.610. The second kappa shape index (κ2) is 8.48. The lowest BCUT2D eigenvalue weighted by Gasteiger charge is -2.29. The molecule has 106 valence electrons. The van der Waals surface area contributed by atoms with E-state index in [0.717, 1.165) is 6.54 Å². The average Bonchev–Trinajstić information content (AvgIpc) is 2.64. The molecule has 4 heteroatoms. The van der Waals surface area contributed by atoms with Gasteiger partial charge in [-0.1, -0.05) is 25.7 Å². The van der Waals surface area contributed by atoms with Crippen LogP contribution in [0.25, 0.3) is 0 Å². The highest BCUT2D eigenvalue weighted by Crippen LogP contribution is 2.21. The maximum absolute atomic E-state index is 11.7. The van der Waals surface area contributed by atoms with Gasteiger partial charge in [-0.15, -0.1) is 0 Å². The summed E-state index contributed by atoms with van der Waals surface area (Å²) in [7, 11) is 3.95. The zero-order valence-corrected chi connectivity index (χ0v) is 12.1. The summed E-state index contributed by atoms with van der Waals surface area (Å²) in [5.41, 5.74) is 0. The van der Waals surface area contributed by atoms with E-state index in [0.29, 0.717) is 12.6 Å². The maximum Gasteiger partial charge on any atom is 0.324 e. The van der Waals surface area contributed by atoms with Crippen molar-refractivity contribution in [1.82, 2.24) is 10.2 Å². The zero-order valence-electron chi connectivity index (χ0n) is 12.1. The summed E-state index contributed by atoms with van der Waals surface area (Å²) in [6.45, 7) is 3.03. The molecule has 0 spiro atoms. The third-order valence-electron chi connectivity index (χ3n) is 3.84. The SMILES string of the molecule is CCOC(=O)C(CN(C)C1CCCCCC1)NC.